The van der Waals surface area contributed by atoms with Crippen molar-refractivity contribution in [3.63, 3.8) is 0 Å². The largest absolute Gasteiger partial charge is 0.299 e. The Hall–Kier alpha value is -1.45. The molecule has 0 radical (unpaired) electrons. The van der Waals surface area contributed by atoms with E-state index in [0.29, 0.717) is 12.2 Å². The maximum Gasteiger partial charge on any atom is 0.144 e. The second-order valence-corrected chi connectivity index (χ2v) is 7.56. The van der Waals surface area contributed by atoms with Gasteiger partial charge in [0.05, 0.1) is 0 Å². The van der Waals surface area contributed by atoms with E-state index >= 15 is 0 Å². The van der Waals surface area contributed by atoms with Gasteiger partial charge >= 0.3 is 0 Å². The van der Waals surface area contributed by atoms with Gasteiger partial charge in [0.1, 0.15) is 5.78 Å². The molecule has 2 heterocycles. The van der Waals surface area contributed by atoms with Crippen molar-refractivity contribution in [2.75, 3.05) is 0 Å². The normalized spacial score (nSPS) is 17.8. The van der Waals surface area contributed by atoms with Crippen molar-refractivity contribution < 1.29 is 4.79 Å². The van der Waals surface area contributed by atoms with Gasteiger partial charge in [0.25, 0.3) is 0 Å². The highest BCUT2D eigenvalue weighted by Crippen LogP contribution is 2.37. The topological polar surface area (TPSA) is 17.1 Å². The second-order valence-electron chi connectivity index (χ2n) is 5.64. The lowest BCUT2D eigenvalue weighted by molar-refractivity contribution is -0.120. The summed E-state index contributed by atoms with van der Waals surface area (Å²) in [5, 5.41) is 5.54. The van der Waals surface area contributed by atoms with E-state index in [0.717, 1.165) is 19.3 Å². The van der Waals surface area contributed by atoms with Gasteiger partial charge in [0.15, 0.2) is 0 Å². The molecular formula is C18H16OS2. The minimum absolute atomic E-state index is 0.124. The molecule has 0 N–H and O–H groups in total. The molecule has 4 rings (SSSR count). The van der Waals surface area contributed by atoms with Gasteiger partial charge in [-0.2, -0.15) is 0 Å². The van der Waals surface area contributed by atoms with Crippen molar-refractivity contribution in [1.82, 2.24) is 0 Å². The number of rotatable bonds is 3. The number of fused-ring (bicyclic) bond motifs is 2. The first kappa shape index (κ1) is 13.2. The average Bonchev–Trinajstić information content (AvgIpc) is 3.14. The fourth-order valence-electron chi connectivity index (χ4n) is 3.30. The molecule has 0 saturated carbocycles. The molecular weight excluding hydrogens is 296 g/mol. The predicted octanol–water partition coefficient (Wildman–Crippen LogP) is 5.19. The fraction of sp³-hybridized carbons (Fsp3) is 0.278. The molecule has 0 fully saturated rings. The number of Topliss-reactive ketones (excluding diaryl/α,β-unsaturated/α-hetero) is 1. The SMILES string of the molecule is O=C(Cc1csc2ccccc12)C1CCCc2sccc21. The van der Waals surface area contributed by atoms with E-state index in [1.807, 2.05) is 0 Å². The Kier molecular flexibility index (Phi) is 3.40. The van der Waals surface area contributed by atoms with Crippen LogP contribution in [-0.4, -0.2) is 5.78 Å². The standard InChI is InChI=1S/C18H16OS2/c19-16(14-5-3-7-18-15(14)8-9-20-18)10-12-11-21-17-6-2-1-4-13(12)17/h1-2,4,6,8-9,11,14H,3,5,7,10H2. The monoisotopic (exact) mass is 312 g/mol. The second kappa shape index (κ2) is 5.39. The lowest BCUT2D eigenvalue weighted by atomic mass is 9.83. The zero-order valence-corrected chi connectivity index (χ0v) is 13.3. The highest BCUT2D eigenvalue weighted by atomic mass is 32.1. The van der Waals surface area contributed by atoms with Crippen LogP contribution >= 0.6 is 22.7 Å². The summed E-state index contributed by atoms with van der Waals surface area (Å²) in [6, 6.07) is 10.5. The van der Waals surface area contributed by atoms with Crippen molar-refractivity contribution in [2.45, 2.75) is 31.6 Å². The molecule has 1 aliphatic rings. The lowest BCUT2D eigenvalue weighted by Crippen LogP contribution is -2.18. The van der Waals surface area contributed by atoms with Crippen molar-refractivity contribution in [3.8, 4) is 0 Å². The Morgan fingerprint density at radius 2 is 2.10 bits per heavy atom. The van der Waals surface area contributed by atoms with Gasteiger partial charge in [-0.3, -0.25) is 4.79 Å². The molecule has 1 atom stereocenters. The van der Waals surface area contributed by atoms with Crippen LogP contribution in [0.2, 0.25) is 0 Å². The Morgan fingerprint density at radius 3 is 3.05 bits per heavy atom. The molecule has 0 amide bonds. The zero-order chi connectivity index (χ0) is 14.2. The van der Waals surface area contributed by atoms with E-state index in [2.05, 4.69) is 41.1 Å². The van der Waals surface area contributed by atoms with Gasteiger partial charge in [-0.05, 0) is 58.7 Å². The van der Waals surface area contributed by atoms with Gasteiger partial charge in [-0.1, -0.05) is 18.2 Å². The molecule has 0 saturated heterocycles. The van der Waals surface area contributed by atoms with Gasteiger partial charge in [0, 0.05) is 21.9 Å². The summed E-state index contributed by atoms with van der Waals surface area (Å²) in [7, 11) is 0. The highest BCUT2D eigenvalue weighted by molar-refractivity contribution is 7.17. The fourth-order valence-corrected chi connectivity index (χ4v) is 5.25. The van der Waals surface area contributed by atoms with E-state index < -0.39 is 0 Å². The smallest absolute Gasteiger partial charge is 0.144 e. The third-order valence-corrected chi connectivity index (χ3v) is 6.38. The van der Waals surface area contributed by atoms with Crippen LogP contribution in [0.1, 0.15) is 34.8 Å². The molecule has 21 heavy (non-hydrogen) atoms. The Balaban J connectivity index is 1.62. The van der Waals surface area contributed by atoms with Gasteiger partial charge in [0.2, 0.25) is 0 Å². The Bertz CT molecular complexity index is 796. The summed E-state index contributed by atoms with van der Waals surface area (Å²) < 4.78 is 1.28. The summed E-state index contributed by atoms with van der Waals surface area (Å²) in [5.41, 5.74) is 2.50. The molecule has 3 aromatic rings. The molecule has 1 unspecified atom stereocenters. The maximum atomic E-state index is 12.8. The average molecular weight is 312 g/mol. The number of benzene rings is 1. The number of carbonyl (C=O) groups is 1. The van der Waals surface area contributed by atoms with E-state index in [1.165, 1.54) is 26.1 Å². The van der Waals surface area contributed by atoms with Crippen LogP contribution in [0, 0.1) is 0 Å². The number of carbonyl (C=O) groups excluding carboxylic acids is 1. The van der Waals surface area contributed by atoms with Crippen LogP contribution in [0.4, 0.5) is 0 Å². The number of hydrogen-bond acceptors (Lipinski definition) is 3. The van der Waals surface area contributed by atoms with Gasteiger partial charge in [-0.25, -0.2) is 0 Å². The van der Waals surface area contributed by atoms with Crippen LogP contribution in [0.5, 0.6) is 0 Å². The van der Waals surface area contributed by atoms with Crippen molar-refractivity contribution in [1.29, 1.82) is 0 Å². The molecule has 0 aliphatic heterocycles. The van der Waals surface area contributed by atoms with E-state index in [-0.39, 0.29) is 5.92 Å². The van der Waals surface area contributed by atoms with Crippen LogP contribution in [0.25, 0.3) is 10.1 Å². The van der Waals surface area contributed by atoms with Crippen LogP contribution in [0.3, 0.4) is 0 Å². The summed E-state index contributed by atoms with van der Waals surface area (Å²) in [6.45, 7) is 0. The molecule has 106 valence electrons. The predicted molar refractivity (Wildman–Crippen MR) is 90.5 cm³/mol. The van der Waals surface area contributed by atoms with Crippen molar-refractivity contribution in [2.24, 2.45) is 0 Å². The molecule has 0 spiro atoms. The lowest BCUT2D eigenvalue weighted by Gasteiger charge is -2.21. The summed E-state index contributed by atoms with van der Waals surface area (Å²) >= 11 is 3.55. The quantitative estimate of drug-likeness (QED) is 0.650. The Morgan fingerprint density at radius 1 is 1.19 bits per heavy atom. The first-order valence-corrected chi connectivity index (χ1v) is 9.13. The number of ketones is 1. The molecule has 1 aliphatic carbocycles. The van der Waals surface area contributed by atoms with Crippen molar-refractivity contribution >= 4 is 38.5 Å². The highest BCUT2D eigenvalue weighted by Gasteiger charge is 2.27. The molecule has 1 nitrogen and oxygen atoms in total. The molecule has 0 bridgehead atoms. The summed E-state index contributed by atoms with van der Waals surface area (Å²) in [4.78, 5) is 14.2. The van der Waals surface area contributed by atoms with E-state index in [4.69, 9.17) is 0 Å². The number of hydrogen-bond donors (Lipinski definition) is 0. The molecule has 2 aromatic heterocycles. The molecule has 1 aromatic carbocycles. The van der Waals surface area contributed by atoms with Crippen LogP contribution in [0.15, 0.2) is 41.1 Å². The van der Waals surface area contributed by atoms with Crippen LogP contribution < -0.4 is 0 Å². The van der Waals surface area contributed by atoms with Gasteiger partial charge < -0.3 is 0 Å². The third kappa shape index (κ3) is 2.34. The van der Waals surface area contributed by atoms with E-state index in [1.54, 1.807) is 22.7 Å². The van der Waals surface area contributed by atoms with Crippen molar-refractivity contribution in [3.05, 3.63) is 57.1 Å². The minimum atomic E-state index is 0.124. The maximum absolute atomic E-state index is 12.8. The number of aryl methyl sites for hydroxylation is 1. The zero-order valence-electron chi connectivity index (χ0n) is 11.7. The summed E-state index contributed by atoms with van der Waals surface area (Å²) in [5.74, 6) is 0.511. The Labute approximate surface area is 132 Å². The number of thiophene rings is 2. The minimum Gasteiger partial charge on any atom is -0.299 e. The van der Waals surface area contributed by atoms with Crippen LogP contribution in [-0.2, 0) is 17.6 Å². The third-order valence-electron chi connectivity index (χ3n) is 4.37. The van der Waals surface area contributed by atoms with E-state index in [9.17, 15) is 4.79 Å². The van der Waals surface area contributed by atoms with Gasteiger partial charge in [-0.15, -0.1) is 22.7 Å². The summed E-state index contributed by atoms with van der Waals surface area (Å²) in [6.07, 6.45) is 3.89. The first-order chi connectivity index (χ1) is 10.3. The molecule has 3 heteroatoms. The first-order valence-electron chi connectivity index (χ1n) is 7.37.